The molecule has 0 unspecified atom stereocenters. The van der Waals surface area contributed by atoms with Crippen LogP contribution in [0.4, 0.5) is 4.39 Å². The first-order valence-electron chi connectivity index (χ1n) is 7.96. The van der Waals surface area contributed by atoms with E-state index in [4.69, 9.17) is 0 Å². The smallest absolute Gasteiger partial charge is 0.256 e. The first kappa shape index (κ1) is 17.1. The molecule has 1 fully saturated rings. The van der Waals surface area contributed by atoms with E-state index in [1.54, 1.807) is 18.3 Å². The van der Waals surface area contributed by atoms with Crippen molar-refractivity contribution in [3.8, 4) is 11.3 Å². The molecule has 1 aliphatic rings. The molecular formula is C17H19FN4O3. The molecule has 0 spiro atoms. The fourth-order valence-corrected chi connectivity index (χ4v) is 3.00. The number of aromatic nitrogens is 2. The largest absolute Gasteiger partial charge is 0.391 e. The average Bonchev–Trinajstić information content (AvgIpc) is 3.25. The molecule has 0 aliphatic carbocycles. The van der Waals surface area contributed by atoms with Gasteiger partial charge in [-0.3, -0.25) is 14.7 Å². The van der Waals surface area contributed by atoms with Crippen molar-refractivity contribution >= 4 is 11.8 Å². The van der Waals surface area contributed by atoms with Crippen LogP contribution in [0, 0.1) is 11.7 Å². The molecule has 8 heteroatoms. The number of aliphatic hydroxyl groups excluding tert-OH is 1. The van der Waals surface area contributed by atoms with Gasteiger partial charge in [-0.15, -0.1) is 0 Å². The number of aliphatic hydroxyl groups is 1. The van der Waals surface area contributed by atoms with E-state index in [2.05, 4.69) is 15.5 Å². The maximum absolute atomic E-state index is 14.2. The number of nitrogens with zero attached hydrogens (tertiary/aromatic N) is 2. The molecule has 0 bridgehead atoms. The number of likely N-dealkylation sites (tertiary alicyclic amines) is 1. The topological polar surface area (TPSA) is 98.3 Å². The van der Waals surface area contributed by atoms with E-state index >= 15 is 0 Å². The lowest BCUT2D eigenvalue weighted by Crippen LogP contribution is -2.30. The summed E-state index contributed by atoms with van der Waals surface area (Å²) in [6.45, 7) is 0.287. The molecule has 3 rings (SSSR count). The summed E-state index contributed by atoms with van der Waals surface area (Å²) in [7, 11) is 1.52. The number of aromatic amines is 1. The summed E-state index contributed by atoms with van der Waals surface area (Å²) in [5.74, 6) is -1.69. The maximum atomic E-state index is 14.2. The van der Waals surface area contributed by atoms with Gasteiger partial charge in [-0.1, -0.05) is 0 Å². The van der Waals surface area contributed by atoms with Crippen LogP contribution < -0.4 is 5.32 Å². The molecular weight excluding hydrogens is 327 g/mol. The number of H-pyrrole nitrogens is 1. The lowest BCUT2D eigenvalue weighted by Gasteiger charge is -2.17. The zero-order valence-corrected chi connectivity index (χ0v) is 13.7. The number of halogens is 1. The van der Waals surface area contributed by atoms with Gasteiger partial charge in [-0.05, 0) is 24.3 Å². The van der Waals surface area contributed by atoms with Crippen molar-refractivity contribution in [2.45, 2.75) is 12.5 Å². The van der Waals surface area contributed by atoms with Gasteiger partial charge in [0.05, 0.1) is 17.4 Å². The van der Waals surface area contributed by atoms with Crippen LogP contribution in [0.25, 0.3) is 11.3 Å². The third-order valence-corrected chi connectivity index (χ3v) is 4.43. The second kappa shape index (κ2) is 7.02. The van der Waals surface area contributed by atoms with Crippen molar-refractivity contribution in [2.75, 3.05) is 20.1 Å². The SMILES string of the molecule is CNC(=O)C[C@@H]1CN(C(=O)c2cc(-c3ccn[nH]3)ccc2F)C[C@H]1O. The van der Waals surface area contributed by atoms with Crippen LogP contribution >= 0.6 is 0 Å². The molecule has 1 aliphatic heterocycles. The molecule has 25 heavy (non-hydrogen) atoms. The molecule has 2 aromatic rings. The van der Waals surface area contributed by atoms with Gasteiger partial charge in [0, 0.05) is 44.2 Å². The molecule has 2 atom stereocenters. The summed E-state index contributed by atoms with van der Waals surface area (Å²) in [5.41, 5.74) is 1.25. The number of carbonyl (C=O) groups is 2. The first-order valence-corrected chi connectivity index (χ1v) is 7.96. The van der Waals surface area contributed by atoms with Crippen molar-refractivity contribution in [3.05, 3.63) is 41.8 Å². The molecule has 1 aromatic heterocycles. The summed E-state index contributed by atoms with van der Waals surface area (Å²) in [4.78, 5) is 25.6. The summed E-state index contributed by atoms with van der Waals surface area (Å²) in [6, 6.07) is 5.98. The minimum atomic E-state index is -0.805. The number of nitrogens with one attached hydrogen (secondary N) is 2. The molecule has 0 saturated carbocycles. The van der Waals surface area contributed by atoms with E-state index in [1.165, 1.54) is 24.1 Å². The summed E-state index contributed by atoms with van der Waals surface area (Å²) in [5, 5.41) is 19.2. The van der Waals surface area contributed by atoms with Gasteiger partial charge in [-0.2, -0.15) is 5.10 Å². The number of hydrogen-bond acceptors (Lipinski definition) is 4. The minimum absolute atomic E-state index is 0.0695. The van der Waals surface area contributed by atoms with Crippen molar-refractivity contribution in [2.24, 2.45) is 5.92 Å². The Balaban J connectivity index is 1.79. The van der Waals surface area contributed by atoms with Crippen LogP contribution in [0.2, 0.25) is 0 Å². The lowest BCUT2D eigenvalue weighted by atomic mass is 10.0. The van der Waals surface area contributed by atoms with Crippen LogP contribution in [0.15, 0.2) is 30.5 Å². The van der Waals surface area contributed by atoms with Crippen molar-refractivity contribution < 1.29 is 19.1 Å². The van der Waals surface area contributed by atoms with Crippen LogP contribution in [-0.2, 0) is 4.79 Å². The number of rotatable bonds is 4. The Kier molecular flexibility index (Phi) is 4.80. The second-order valence-corrected chi connectivity index (χ2v) is 6.08. The summed E-state index contributed by atoms with van der Waals surface area (Å²) in [6.07, 6.45) is 0.887. The normalized spacial score (nSPS) is 19.9. The molecule has 132 valence electrons. The quantitative estimate of drug-likeness (QED) is 0.762. The average molecular weight is 346 g/mol. The molecule has 2 heterocycles. The van der Waals surface area contributed by atoms with E-state index in [9.17, 15) is 19.1 Å². The van der Waals surface area contributed by atoms with Crippen LogP contribution in [0.1, 0.15) is 16.8 Å². The fourth-order valence-electron chi connectivity index (χ4n) is 3.00. The highest BCUT2D eigenvalue weighted by Gasteiger charge is 2.36. The fraction of sp³-hybridized carbons (Fsp3) is 0.353. The Morgan fingerprint density at radius 2 is 2.20 bits per heavy atom. The predicted octanol–water partition coefficient (Wildman–Crippen LogP) is 0.785. The van der Waals surface area contributed by atoms with Gasteiger partial charge < -0.3 is 15.3 Å². The van der Waals surface area contributed by atoms with Gasteiger partial charge in [0.25, 0.3) is 5.91 Å². The van der Waals surface area contributed by atoms with Crippen molar-refractivity contribution in [1.82, 2.24) is 20.4 Å². The molecule has 1 saturated heterocycles. The van der Waals surface area contributed by atoms with Gasteiger partial charge in [-0.25, -0.2) is 4.39 Å². The number of benzene rings is 1. The van der Waals surface area contributed by atoms with E-state index in [0.29, 0.717) is 11.3 Å². The Labute approximate surface area is 143 Å². The predicted molar refractivity (Wildman–Crippen MR) is 88.1 cm³/mol. The first-order chi connectivity index (χ1) is 12.0. The molecule has 3 N–H and O–H groups in total. The molecule has 1 aromatic carbocycles. The second-order valence-electron chi connectivity index (χ2n) is 6.08. The van der Waals surface area contributed by atoms with Gasteiger partial charge in [0.1, 0.15) is 5.82 Å². The Bertz CT molecular complexity index is 778. The number of amides is 2. The molecule has 7 nitrogen and oxygen atoms in total. The van der Waals surface area contributed by atoms with E-state index < -0.39 is 17.8 Å². The standard InChI is InChI=1S/C17H19FN4O3/c1-19-16(24)7-11-8-22(9-15(11)23)17(25)12-6-10(2-3-13(12)18)14-4-5-20-21-14/h2-6,11,15,23H,7-9H2,1H3,(H,19,24)(H,20,21)/t11-,15-/m1/s1. The number of β-amino-alcohol motifs (C(OH)–C–C–N with tert-alkyl or cyclic N) is 1. The number of hydrogen-bond donors (Lipinski definition) is 3. The highest BCUT2D eigenvalue weighted by Crippen LogP contribution is 2.25. The third kappa shape index (κ3) is 3.53. The Morgan fingerprint density at radius 3 is 2.88 bits per heavy atom. The zero-order chi connectivity index (χ0) is 18.0. The summed E-state index contributed by atoms with van der Waals surface area (Å²) >= 11 is 0. The van der Waals surface area contributed by atoms with Crippen LogP contribution in [-0.4, -0.2) is 58.3 Å². The lowest BCUT2D eigenvalue weighted by molar-refractivity contribution is -0.122. The molecule has 0 radical (unpaired) electrons. The molecule has 2 amide bonds. The van der Waals surface area contributed by atoms with Crippen LogP contribution in [0.5, 0.6) is 0 Å². The Morgan fingerprint density at radius 1 is 1.40 bits per heavy atom. The van der Waals surface area contributed by atoms with Crippen molar-refractivity contribution in [3.63, 3.8) is 0 Å². The van der Waals surface area contributed by atoms with Gasteiger partial charge in [0.2, 0.25) is 5.91 Å². The Hall–Kier alpha value is -2.74. The third-order valence-electron chi connectivity index (χ3n) is 4.43. The number of carbonyl (C=O) groups excluding carboxylic acids is 2. The monoisotopic (exact) mass is 346 g/mol. The highest BCUT2D eigenvalue weighted by molar-refractivity contribution is 5.96. The van der Waals surface area contributed by atoms with E-state index in [-0.39, 0.29) is 36.9 Å². The van der Waals surface area contributed by atoms with Crippen LogP contribution in [0.3, 0.4) is 0 Å². The summed E-state index contributed by atoms with van der Waals surface area (Å²) < 4.78 is 14.2. The zero-order valence-electron chi connectivity index (χ0n) is 13.7. The van der Waals surface area contributed by atoms with E-state index in [0.717, 1.165) is 0 Å². The van der Waals surface area contributed by atoms with Gasteiger partial charge >= 0.3 is 0 Å². The van der Waals surface area contributed by atoms with Crippen molar-refractivity contribution in [1.29, 1.82) is 0 Å². The van der Waals surface area contributed by atoms with E-state index in [1.807, 2.05) is 0 Å². The van der Waals surface area contributed by atoms with Gasteiger partial charge in [0.15, 0.2) is 0 Å². The highest BCUT2D eigenvalue weighted by atomic mass is 19.1. The minimum Gasteiger partial charge on any atom is -0.391 e. The maximum Gasteiger partial charge on any atom is 0.256 e.